The van der Waals surface area contributed by atoms with Crippen LogP contribution in [-0.2, 0) is 43.3 Å². The smallest absolute Gasteiger partial charge is 0.408 e. The third-order valence-corrected chi connectivity index (χ3v) is 14.6. The Bertz CT molecular complexity index is 1880. The van der Waals surface area contributed by atoms with Crippen LogP contribution < -0.4 is 15.1 Å². The summed E-state index contributed by atoms with van der Waals surface area (Å²) in [7, 11) is -2.05. The number of ether oxygens (including phenoxy) is 2. The SMILES string of the molecule is C[C@@H](NC(=O)OCc1ccccc1)C(=O)C[C@@H](Cc1c[nH]c2ccccc12)C(=O)N[C@@H](Cc1ccc(O[Si](C)(C)C(C)(C)C)cc1)C(=O)C1(C)CO1. The first-order valence-electron chi connectivity index (χ1n) is 17.9. The zero-order valence-electron chi connectivity index (χ0n) is 31.2. The van der Waals surface area contributed by atoms with Crippen LogP contribution in [0.2, 0.25) is 18.1 Å². The number of aromatic nitrogens is 1. The number of H-pyrrole nitrogens is 1. The van der Waals surface area contributed by atoms with Gasteiger partial charge in [0, 0.05) is 29.4 Å². The predicted octanol–water partition coefficient (Wildman–Crippen LogP) is 7.07. The van der Waals surface area contributed by atoms with E-state index in [0.717, 1.165) is 33.3 Å². The Morgan fingerprint density at radius 3 is 2.21 bits per heavy atom. The summed E-state index contributed by atoms with van der Waals surface area (Å²) in [4.78, 5) is 57.4. The molecule has 0 aliphatic carbocycles. The molecule has 10 nitrogen and oxygen atoms in total. The van der Waals surface area contributed by atoms with E-state index >= 15 is 0 Å². The highest BCUT2D eigenvalue weighted by Gasteiger charge is 2.50. The van der Waals surface area contributed by atoms with E-state index in [1.54, 1.807) is 13.8 Å². The third-order valence-electron chi connectivity index (χ3n) is 10.3. The van der Waals surface area contributed by atoms with Gasteiger partial charge in [-0.3, -0.25) is 14.4 Å². The summed E-state index contributed by atoms with van der Waals surface area (Å²) in [6, 6.07) is 22.8. The number of hydrogen-bond donors (Lipinski definition) is 3. The lowest BCUT2D eigenvalue weighted by atomic mass is 9.89. The van der Waals surface area contributed by atoms with Crippen LogP contribution in [0.15, 0.2) is 85.1 Å². The molecule has 1 unspecified atom stereocenters. The van der Waals surface area contributed by atoms with E-state index < -0.39 is 43.9 Å². The van der Waals surface area contributed by atoms with Gasteiger partial charge < -0.3 is 29.5 Å². The molecule has 2 heterocycles. The highest BCUT2D eigenvalue weighted by molar-refractivity contribution is 6.74. The van der Waals surface area contributed by atoms with Crippen molar-refractivity contribution < 1.29 is 33.1 Å². The summed E-state index contributed by atoms with van der Waals surface area (Å²) in [6.45, 7) is 14.6. The fourth-order valence-electron chi connectivity index (χ4n) is 5.76. The van der Waals surface area contributed by atoms with Crippen LogP contribution in [0.5, 0.6) is 5.75 Å². The molecule has 3 aromatic carbocycles. The van der Waals surface area contributed by atoms with Crippen LogP contribution in [0.4, 0.5) is 4.79 Å². The molecule has 0 bridgehead atoms. The van der Waals surface area contributed by atoms with Crippen molar-refractivity contribution >= 4 is 42.8 Å². The molecule has 1 aliphatic heterocycles. The average molecular weight is 726 g/mol. The molecule has 276 valence electrons. The summed E-state index contributed by atoms with van der Waals surface area (Å²) in [5.41, 5.74) is 2.46. The lowest BCUT2D eigenvalue weighted by molar-refractivity contribution is -0.134. The van der Waals surface area contributed by atoms with Gasteiger partial charge in [-0.15, -0.1) is 0 Å². The van der Waals surface area contributed by atoms with Gasteiger partial charge in [0.2, 0.25) is 14.2 Å². The standard InChI is InChI=1S/C41H51N3O7Si/c1-27(43-39(48)49-25-29-13-9-8-10-14-29)36(45)23-30(22-31-24-42-34-16-12-11-15-33(31)34)38(47)44-35(37(46)41(5)26-50-41)21-28-17-19-32(20-18-28)51-52(6,7)40(2,3)4/h8-20,24,27,30,35,42H,21-23,25-26H2,1-7H3,(H,43,48)(H,44,47)/t27-,30-,35+,41?/m1/s1. The minimum absolute atomic E-state index is 0.0390. The summed E-state index contributed by atoms with van der Waals surface area (Å²) < 4.78 is 17.3. The molecule has 5 rings (SSSR count). The Morgan fingerprint density at radius 1 is 0.904 bits per heavy atom. The van der Waals surface area contributed by atoms with Crippen LogP contribution in [0.25, 0.3) is 10.9 Å². The van der Waals surface area contributed by atoms with Crippen molar-refractivity contribution in [2.24, 2.45) is 5.92 Å². The number of carbonyl (C=O) groups is 4. The first-order chi connectivity index (χ1) is 24.5. The molecule has 11 heteroatoms. The van der Waals surface area contributed by atoms with Gasteiger partial charge in [0.15, 0.2) is 11.6 Å². The van der Waals surface area contributed by atoms with Crippen molar-refractivity contribution in [3.05, 3.63) is 102 Å². The number of Topliss-reactive ketones (excluding diaryl/α,β-unsaturated/α-hetero) is 2. The van der Waals surface area contributed by atoms with Gasteiger partial charge in [0.25, 0.3) is 0 Å². The van der Waals surface area contributed by atoms with Gasteiger partial charge in [-0.05, 0) is 79.7 Å². The van der Waals surface area contributed by atoms with Crippen molar-refractivity contribution in [1.82, 2.24) is 15.6 Å². The maximum atomic E-state index is 14.2. The Morgan fingerprint density at radius 2 is 1.56 bits per heavy atom. The van der Waals surface area contributed by atoms with Crippen LogP contribution in [0.1, 0.15) is 57.7 Å². The molecular weight excluding hydrogens is 675 g/mol. The molecule has 0 radical (unpaired) electrons. The fourth-order valence-corrected chi connectivity index (χ4v) is 6.79. The number of fused-ring (bicyclic) bond motifs is 1. The largest absolute Gasteiger partial charge is 0.544 e. The van der Waals surface area contributed by atoms with Crippen LogP contribution in [0, 0.1) is 5.92 Å². The van der Waals surface area contributed by atoms with E-state index in [1.807, 2.05) is 85.1 Å². The molecular formula is C41H51N3O7Si. The zero-order valence-corrected chi connectivity index (χ0v) is 32.2. The normalized spacial score (nSPS) is 17.4. The van der Waals surface area contributed by atoms with Gasteiger partial charge >= 0.3 is 6.09 Å². The van der Waals surface area contributed by atoms with E-state index in [0.29, 0.717) is 0 Å². The van der Waals surface area contributed by atoms with Crippen molar-refractivity contribution in [1.29, 1.82) is 0 Å². The maximum absolute atomic E-state index is 14.2. The molecule has 1 fully saturated rings. The van der Waals surface area contributed by atoms with Gasteiger partial charge in [-0.25, -0.2) is 4.79 Å². The maximum Gasteiger partial charge on any atom is 0.408 e. The number of hydrogen-bond acceptors (Lipinski definition) is 7. The number of epoxide rings is 1. The second-order valence-corrected chi connectivity index (χ2v) is 20.2. The molecule has 52 heavy (non-hydrogen) atoms. The summed E-state index contributed by atoms with van der Waals surface area (Å²) in [5.74, 6) is -1.06. The van der Waals surface area contributed by atoms with Crippen molar-refractivity contribution in [2.45, 2.75) is 96.3 Å². The summed E-state index contributed by atoms with van der Waals surface area (Å²) >= 11 is 0. The minimum Gasteiger partial charge on any atom is -0.544 e. The van der Waals surface area contributed by atoms with Crippen molar-refractivity contribution in [2.75, 3.05) is 6.61 Å². The Labute approximate surface area is 307 Å². The summed E-state index contributed by atoms with van der Waals surface area (Å²) in [5, 5.41) is 6.58. The van der Waals surface area contributed by atoms with E-state index in [4.69, 9.17) is 13.9 Å². The van der Waals surface area contributed by atoms with Crippen LogP contribution >= 0.6 is 0 Å². The number of alkyl carbamates (subject to hydrolysis) is 1. The van der Waals surface area contributed by atoms with E-state index in [-0.39, 0.29) is 49.1 Å². The van der Waals surface area contributed by atoms with Gasteiger partial charge in [0.1, 0.15) is 18.0 Å². The second kappa shape index (κ2) is 15.9. The number of carbonyl (C=O) groups excluding carboxylic acids is 4. The first kappa shape index (κ1) is 38.5. The lowest BCUT2D eigenvalue weighted by Crippen LogP contribution is -2.50. The number of benzene rings is 3. The molecule has 3 N–H and O–H groups in total. The van der Waals surface area contributed by atoms with E-state index in [1.165, 1.54) is 0 Å². The Balaban J connectivity index is 1.32. The van der Waals surface area contributed by atoms with Gasteiger partial charge in [-0.2, -0.15) is 0 Å². The monoisotopic (exact) mass is 725 g/mol. The quantitative estimate of drug-likeness (QED) is 0.0830. The van der Waals surface area contributed by atoms with Crippen LogP contribution in [0.3, 0.4) is 0 Å². The molecule has 2 amide bonds. The molecule has 1 aromatic heterocycles. The van der Waals surface area contributed by atoms with E-state index in [2.05, 4.69) is 49.5 Å². The number of amides is 2. The lowest BCUT2D eigenvalue weighted by Gasteiger charge is -2.36. The average Bonchev–Trinajstić information content (AvgIpc) is 3.73. The molecule has 1 aliphatic rings. The number of ketones is 2. The molecule has 0 spiro atoms. The van der Waals surface area contributed by atoms with Crippen molar-refractivity contribution in [3.63, 3.8) is 0 Å². The Hall–Kier alpha value is -4.74. The second-order valence-electron chi connectivity index (χ2n) is 15.5. The molecule has 1 saturated heterocycles. The highest BCUT2D eigenvalue weighted by atomic mass is 28.4. The first-order valence-corrected chi connectivity index (χ1v) is 20.8. The molecule has 4 atom stereocenters. The number of rotatable bonds is 16. The zero-order chi connectivity index (χ0) is 37.7. The minimum atomic E-state index is -2.05. The summed E-state index contributed by atoms with van der Waals surface area (Å²) in [6.07, 6.45) is 1.42. The fraction of sp³-hybridized carbons (Fsp3) is 0.415. The van der Waals surface area contributed by atoms with Gasteiger partial charge in [-0.1, -0.05) is 81.4 Å². The Kier molecular flexibility index (Phi) is 11.7. The van der Waals surface area contributed by atoms with Crippen LogP contribution in [-0.4, -0.2) is 61.2 Å². The number of aromatic amines is 1. The van der Waals surface area contributed by atoms with Crippen molar-refractivity contribution in [3.8, 4) is 5.75 Å². The van der Waals surface area contributed by atoms with E-state index in [9.17, 15) is 19.2 Å². The highest BCUT2D eigenvalue weighted by Crippen LogP contribution is 2.37. The third kappa shape index (κ3) is 9.77. The van der Waals surface area contributed by atoms with Gasteiger partial charge in [0.05, 0.1) is 18.7 Å². The topological polar surface area (TPSA) is 139 Å². The molecule has 4 aromatic rings. The number of nitrogens with one attached hydrogen (secondary N) is 3. The predicted molar refractivity (Wildman–Crippen MR) is 204 cm³/mol. The molecule has 0 saturated carbocycles. The number of para-hydroxylation sites is 1.